The summed E-state index contributed by atoms with van der Waals surface area (Å²) in [6.45, 7) is 2.16. The number of rotatable bonds is 2. The summed E-state index contributed by atoms with van der Waals surface area (Å²) < 4.78 is 2.12. The van der Waals surface area contributed by atoms with Crippen LogP contribution in [0.3, 0.4) is 0 Å². The summed E-state index contributed by atoms with van der Waals surface area (Å²) in [5.74, 6) is 0. The first-order chi connectivity index (χ1) is 13.7. The maximum atomic E-state index is 4.33. The highest BCUT2D eigenvalue weighted by Gasteiger charge is 2.14. The molecule has 0 atom stereocenters. The van der Waals surface area contributed by atoms with Crippen LogP contribution in [0, 0.1) is 6.92 Å². The zero-order valence-electron chi connectivity index (χ0n) is 16.1. The van der Waals surface area contributed by atoms with Crippen molar-refractivity contribution in [1.29, 1.82) is 0 Å². The van der Waals surface area contributed by atoms with E-state index in [2.05, 4.69) is 96.3 Å². The molecule has 5 rings (SSSR count). The van der Waals surface area contributed by atoms with E-state index >= 15 is 0 Å². The third-order valence-corrected chi connectivity index (χ3v) is 5.56. The van der Waals surface area contributed by atoms with Gasteiger partial charge in [-0.2, -0.15) is 4.57 Å². The van der Waals surface area contributed by atoms with Crippen LogP contribution in [0.5, 0.6) is 0 Å². The lowest BCUT2D eigenvalue weighted by atomic mass is 9.92. The number of aromatic nitrogens is 2. The van der Waals surface area contributed by atoms with Crippen LogP contribution in [0.25, 0.3) is 43.9 Å². The Morgan fingerprint density at radius 3 is 2.50 bits per heavy atom. The number of fused-ring (bicyclic) bond motifs is 3. The maximum Gasteiger partial charge on any atom is 0.231 e. The van der Waals surface area contributed by atoms with Crippen LogP contribution in [0.15, 0.2) is 91.4 Å². The molecule has 0 fully saturated rings. The molecule has 28 heavy (non-hydrogen) atoms. The first-order valence-corrected chi connectivity index (χ1v) is 9.54. The van der Waals surface area contributed by atoms with E-state index in [1.807, 2.05) is 18.6 Å². The minimum Gasteiger partial charge on any atom is -0.252 e. The molecule has 134 valence electrons. The predicted octanol–water partition coefficient (Wildman–Crippen LogP) is 5.85. The second kappa shape index (κ2) is 6.58. The Morgan fingerprint density at radius 2 is 1.61 bits per heavy atom. The molecule has 4 aromatic carbocycles. The fourth-order valence-electron chi connectivity index (χ4n) is 4.04. The van der Waals surface area contributed by atoms with E-state index in [0.717, 1.165) is 5.69 Å². The zero-order valence-corrected chi connectivity index (χ0v) is 16.1. The standard InChI is InChI=1S/C26H21N2/c1-18-10-11-20(16-25(18)26-17-27-14-15-28(26)2)22-8-5-9-23-21-7-4-3-6-19(21)12-13-24(22)23/h3-17H,1-2H3/q+1. The van der Waals surface area contributed by atoms with Gasteiger partial charge >= 0.3 is 0 Å². The van der Waals surface area contributed by atoms with Gasteiger partial charge in [-0.3, -0.25) is 4.98 Å². The lowest BCUT2D eigenvalue weighted by molar-refractivity contribution is -0.660. The molecule has 0 saturated heterocycles. The quantitative estimate of drug-likeness (QED) is 0.284. The van der Waals surface area contributed by atoms with Gasteiger partial charge in [0.1, 0.15) is 7.05 Å². The Bertz CT molecular complexity index is 1340. The topological polar surface area (TPSA) is 16.8 Å². The first-order valence-electron chi connectivity index (χ1n) is 9.54. The number of hydrogen-bond acceptors (Lipinski definition) is 1. The van der Waals surface area contributed by atoms with Crippen molar-refractivity contribution in [3.8, 4) is 22.4 Å². The van der Waals surface area contributed by atoms with E-state index in [-0.39, 0.29) is 0 Å². The van der Waals surface area contributed by atoms with Crippen LogP contribution in [0.1, 0.15) is 5.56 Å². The smallest absolute Gasteiger partial charge is 0.231 e. The molecule has 1 aromatic heterocycles. The van der Waals surface area contributed by atoms with Crippen LogP contribution in [0.4, 0.5) is 0 Å². The minimum atomic E-state index is 1.12. The molecule has 0 saturated carbocycles. The molecule has 0 aliphatic rings. The molecule has 0 aliphatic carbocycles. The number of nitrogens with zero attached hydrogens (tertiary/aromatic N) is 2. The lowest BCUT2D eigenvalue weighted by Crippen LogP contribution is -2.30. The van der Waals surface area contributed by atoms with E-state index in [1.165, 1.54) is 43.8 Å². The summed E-state index contributed by atoms with van der Waals surface area (Å²) in [5.41, 5.74) is 6.07. The molecule has 0 aliphatic heterocycles. The third kappa shape index (κ3) is 2.66. The van der Waals surface area contributed by atoms with Crippen LogP contribution in [0.2, 0.25) is 0 Å². The van der Waals surface area contributed by atoms with E-state index in [9.17, 15) is 0 Å². The maximum absolute atomic E-state index is 4.33. The van der Waals surface area contributed by atoms with Crippen molar-refractivity contribution in [3.63, 3.8) is 0 Å². The van der Waals surface area contributed by atoms with Gasteiger partial charge in [0.2, 0.25) is 5.69 Å². The summed E-state index contributed by atoms with van der Waals surface area (Å²) in [6, 6.07) is 26.4. The average Bonchev–Trinajstić information content (AvgIpc) is 2.74. The number of aryl methyl sites for hydroxylation is 2. The van der Waals surface area contributed by atoms with E-state index in [4.69, 9.17) is 0 Å². The average molecular weight is 361 g/mol. The largest absolute Gasteiger partial charge is 0.252 e. The van der Waals surface area contributed by atoms with Crippen molar-refractivity contribution in [1.82, 2.24) is 4.98 Å². The van der Waals surface area contributed by atoms with Crippen LogP contribution < -0.4 is 4.57 Å². The highest BCUT2D eigenvalue weighted by molar-refractivity contribution is 6.12. The van der Waals surface area contributed by atoms with E-state index < -0.39 is 0 Å². The summed E-state index contributed by atoms with van der Waals surface area (Å²) in [6.07, 6.45) is 5.74. The molecule has 0 N–H and O–H groups in total. The van der Waals surface area contributed by atoms with Crippen LogP contribution >= 0.6 is 0 Å². The number of hydrogen-bond donors (Lipinski definition) is 0. The Balaban J connectivity index is 1.76. The second-order valence-electron chi connectivity index (χ2n) is 7.29. The normalized spacial score (nSPS) is 11.2. The Labute approximate surface area is 164 Å². The van der Waals surface area contributed by atoms with Crippen molar-refractivity contribution in [2.45, 2.75) is 6.92 Å². The summed E-state index contributed by atoms with van der Waals surface area (Å²) in [7, 11) is 2.06. The highest BCUT2D eigenvalue weighted by Crippen LogP contribution is 2.35. The van der Waals surface area contributed by atoms with Gasteiger partial charge in [0.05, 0.1) is 18.0 Å². The first kappa shape index (κ1) is 16.6. The monoisotopic (exact) mass is 361 g/mol. The third-order valence-electron chi connectivity index (χ3n) is 5.56. The van der Waals surface area contributed by atoms with E-state index in [0.29, 0.717) is 0 Å². The predicted molar refractivity (Wildman–Crippen MR) is 116 cm³/mol. The Kier molecular flexibility index (Phi) is 3.91. The minimum absolute atomic E-state index is 1.12. The summed E-state index contributed by atoms with van der Waals surface area (Å²) in [4.78, 5) is 4.33. The van der Waals surface area contributed by atoms with Crippen molar-refractivity contribution < 1.29 is 4.57 Å². The second-order valence-corrected chi connectivity index (χ2v) is 7.29. The molecule has 5 aromatic rings. The van der Waals surface area contributed by atoms with Crippen molar-refractivity contribution in [2.24, 2.45) is 7.05 Å². The van der Waals surface area contributed by atoms with Crippen LogP contribution in [-0.4, -0.2) is 4.98 Å². The Morgan fingerprint density at radius 1 is 0.750 bits per heavy atom. The van der Waals surface area contributed by atoms with Crippen molar-refractivity contribution >= 4 is 21.5 Å². The van der Waals surface area contributed by atoms with Gasteiger partial charge in [0.15, 0.2) is 6.20 Å². The fraction of sp³-hybridized carbons (Fsp3) is 0.0769. The molecule has 0 radical (unpaired) electrons. The zero-order chi connectivity index (χ0) is 19.1. The van der Waals surface area contributed by atoms with Gasteiger partial charge in [-0.05, 0) is 51.2 Å². The molecule has 0 amide bonds. The summed E-state index contributed by atoms with van der Waals surface area (Å²) in [5, 5.41) is 5.16. The lowest BCUT2D eigenvalue weighted by Gasteiger charge is -2.12. The van der Waals surface area contributed by atoms with E-state index in [1.54, 1.807) is 0 Å². The SMILES string of the molecule is Cc1ccc(-c2cccc3c2ccc2ccccc23)cc1-c1cncc[n+]1C. The van der Waals surface area contributed by atoms with Crippen molar-refractivity contribution in [3.05, 3.63) is 97.0 Å². The molecule has 1 heterocycles. The van der Waals surface area contributed by atoms with Gasteiger partial charge in [0.25, 0.3) is 0 Å². The fourth-order valence-corrected chi connectivity index (χ4v) is 4.04. The highest BCUT2D eigenvalue weighted by atomic mass is 14.9. The Hall–Kier alpha value is -3.52. The molecule has 2 nitrogen and oxygen atoms in total. The molecular formula is C26H21N2+. The van der Waals surface area contributed by atoms with Crippen molar-refractivity contribution in [2.75, 3.05) is 0 Å². The number of benzene rings is 4. The summed E-state index contributed by atoms with van der Waals surface area (Å²) >= 11 is 0. The molecule has 0 spiro atoms. The molecule has 0 unspecified atom stereocenters. The molecule has 2 heteroatoms. The van der Waals surface area contributed by atoms with Gasteiger partial charge < -0.3 is 0 Å². The van der Waals surface area contributed by atoms with Gasteiger partial charge in [0, 0.05) is 0 Å². The van der Waals surface area contributed by atoms with Gasteiger partial charge in [-0.25, -0.2) is 0 Å². The van der Waals surface area contributed by atoms with Gasteiger partial charge in [-0.1, -0.05) is 66.7 Å². The molecule has 0 bridgehead atoms. The van der Waals surface area contributed by atoms with Crippen LogP contribution in [-0.2, 0) is 7.05 Å². The molecular weight excluding hydrogens is 340 g/mol. The van der Waals surface area contributed by atoms with Gasteiger partial charge in [-0.15, -0.1) is 0 Å².